The van der Waals surface area contributed by atoms with Crippen molar-refractivity contribution >= 4 is 11.8 Å². The summed E-state index contributed by atoms with van der Waals surface area (Å²) in [4.78, 5) is 0. The summed E-state index contributed by atoms with van der Waals surface area (Å²) < 4.78 is 5.22. The van der Waals surface area contributed by atoms with Gasteiger partial charge in [-0.1, -0.05) is 11.8 Å². The minimum Gasteiger partial charge on any atom is -0.416 e. The first-order valence-electron chi connectivity index (χ1n) is 4.40. The number of unbranched alkanes of at least 4 members (excludes halogenated alkanes) is 1. The normalized spacial score (nSPS) is 10.6. The van der Waals surface area contributed by atoms with Gasteiger partial charge in [-0.3, -0.25) is 0 Å². The molecule has 0 fully saturated rings. The first kappa shape index (κ1) is 10.5. The SMILES string of the molecule is CNCCCCSc1nnc(C)o1. The smallest absolute Gasteiger partial charge is 0.276 e. The molecule has 0 aliphatic carbocycles. The molecule has 0 aromatic carbocycles. The molecular weight excluding hydrogens is 186 g/mol. The molecule has 4 nitrogen and oxygen atoms in total. The van der Waals surface area contributed by atoms with Crippen LogP contribution in [0.25, 0.3) is 0 Å². The highest BCUT2D eigenvalue weighted by Gasteiger charge is 2.01. The molecule has 0 saturated heterocycles. The van der Waals surface area contributed by atoms with Gasteiger partial charge >= 0.3 is 0 Å². The van der Waals surface area contributed by atoms with Gasteiger partial charge in [-0.05, 0) is 26.4 Å². The van der Waals surface area contributed by atoms with Gasteiger partial charge in [-0.25, -0.2) is 0 Å². The van der Waals surface area contributed by atoms with E-state index in [0.717, 1.165) is 12.3 Å². The van der Waals surface area contributed by atoms with Crippen molar-refractivity contribution < 1.29 is 4.42 Å². The van der Waals surface area contributed by atoms with Crippen LogP contribution in [0.1, 0.15) is 18.7 Å². The predicted octanol–water partition coefficient (Wildman–Crippen LogP) is 1.47. The summed E-state index contributed by atoms with van der Waals surface area (Å²) in [6.07, 6.45) is 2.36. The van der Waals surface area contributed by atoms with Crippen LogP contribution in [0.3, 0.4) is 0 Å². The molecule has 13 heavy (non-hydrogen) atoms. The molecule has 1 aromatic heterocycles. The molecule has 0 bridgehead atoms. The van der Waals surface area contributed by atoms with E-state index in [1.54, 1.807) is 18.7 Å². The van der Waals surface area contributed by atoms with Crippen molar-refractivity contribution in [1.82, 2.24) is 15.5 Å². The van der Waals surface area contributed by atoms with Crippen LogP contribution in [0.4, 0.5) is 0 Å². The molecule has 1 heterocycles. The fourth-order valence-electron chi connectivity index (χ4n) is 0.900. The van der Waals surface area contributed by atoms with E-state index in [-0.39, 0.29) is 0 Å². The Bertz CT molecular complexity index is 239. The van der Waals surface area contributed by atoms with Gasteiger partial charge in [0.05, 0.1) is 0 Å². The minimum absolute atomic E-state index is 0.637. The third-order valence-corrected chi connectivity index (χ3v) is 2.46. The molecule has 1 rings (SSSR count). The van der Waals surface area contributed by atoms with E-state index < -0.39 is 0 Å². The zero-order chi connectivity index (χ0) is 9.52. The Balaban J connectivity index is 2.06. The van der Waals surface area contributed by atoms with Crippen molar-refractivity contribution in [3.8, 4) is 0 Å². The maximum Gasteiger partial charge on any atom is 0.276 e. The highest BCUT2D eigenvalue weighted by atomic mass is 32.2. The van der Waals surface area contributed by atoms with Crippen LogP contribution in [0.2, 0.25) is 0 Å². The molecule has 74 valence electrons. The van der Waals surface area contributed by atoms with Gasteiger partial charge < -0.3 is 9.73 Å². The Morgan fingerprint density at radius 1 is 1.38 bits per heavy atom. The van der Waals surface area contributed by atoms with Crippen LogP contribution in [0.5, 0.6) is 0 Å². The van der Waals surface area contributed by atoms with Crippen LogP contribution < -0.4 is 5.32 Å². The lowest BCUT2D eigenvalue weighted by Gasteiger charge is -1.96. The average Bonchev–Trinajstić information content (AvgIpc) is 2.51. The molecule has 0 amide bonds. The number of aryl methyl sites for hydroxylation is 1. The molecule has 0 spiro atoms. The summed E-state index contributed by atoms with van der Waals surface area (Å²) >= 11 is 1.62. The number of hydrogen-bond acceptors (Lipinski definition) is 5. The lowest BCUT2D eigenvalue weighted by molar-refractivity contribution is 0.429. The van der Waals surface area contributed by atoms with Crippen molar-refractivity contribution in [2.45, 2.75) is 25.0 Å². The molecule has 0 saturated carbocycles. The van der Waals surface area contributed by atoms with Crippen molar-refractivity contribution in [2.75, 3.05) is 19.3 Å². The van der Waals surface area contributed by atoms with E-state index in [2.05, 4.69) is 15.5 Å². The Hall–Kier alpha value is -0.550. The molecule has 0 aliphatic rings. The largest absolute Gasteiger partial charge is 0.416 e. The second-order valence-electron chi connectivity index (χ2n) is 2.75. The summed E-state index contributed by atoms with van der Waals surface area (Å²) in [5.74, 6) is 1.68. The highest BCUT2D eigenvalue weighted by molar-refractivity contribution is 7.99. The quantitative estimate of drug-likeness (QED) is 0.558. The number of nitrogens with one attached hydrogen (secondary N) is 1. The van der Waals surface area contributed by atoms with Gasteiger partial charge in [0.1, 0.15) is 0 Å². The molecular formula is C8H15N3OS. The van der Waals surface area contributed by atoms with Crippen LogP contribution in [-0.2, 0) is 0 Å². The van der Waals surface area contributed by atoms with Crippen LogP contribution >= 0.6 is 11.8 Å². The summed E-state index contributed by atoms with van der Waals surface area (Å²) in [7, 11) is 1.97. The maximum absolute atomic E-state index is 5.22. The summed E-state index contributed by atoms with van der Waals surface area (Å²) in [6, 6.07) is 0. The molecule has 5 heteroatoms. The lowest BCUT2D eigenvalue weighted by Crippen LogP contribution is -2.07. The van der Waals surface area contributed by atoms with Gasteiger partial charge in [0, 0.05) is 12.7 Å². The van der Waals surface area contributed by atoms with Crippen molar-refractivity contribution in [1.29, 1.82) is 0 Å². The fourth-order valence-corrected chi connectivity index (χ4v) is 1.70. The number of hydrogen-bond donors (Lipinski definition) is 1. The molecule has 0 radical (unpaired) electrons. The maximum atomic E-state index is 5.22. The zero-order valence-corrected chi connectivity index (χ0v) is 8.86. The summed E-state index contributed by atoms with van der Waals surface area (Å²) in [6.45, 7) is 2.88. The second kappa shape index (κ2) is 5.99. The van der Waals surface area contributed by atoms with Gasteiger partial charge in [0.25, 0.3) is 5.22 Å². The van der Waals surface area contributed by atoms with Gasteiger partial charge in [-0.15, -0.1) is 10.2 Å². The molecule has 1 aromatic rings. The topological polar surface area (TPSA) is 51.0 Å². The van der Waals surface area contributed by atoms with Crippen LogP contribution in [0, 0.1) is 6.92 Å². The summed E-state index contributed by atoms with van der Waals surface area (Å²) in [5, 5.41) is 11.4. The highest BCUT2D eigenvalue weighted by Crippen LogP contribution is 2.16. The third-order valence-electron chi connectivity index (χ3n) is 1.55. The van der Waals surface area contributed by atoms with Crippen LogP contribution in [-0.4, -0.2) is 29.5 Å². The number of nitrogens with zero attached hydrogens (tertiary/aromatic N) is 2. The second-order valence-corrected chi connectivity index (χ2v) is 3.79. The first-order valence-corrected chi connectivity index (χ1v) is 5.39. The van der Waals surface area contributed by atoms with Gasteiger partial charge in [0.2, 0.25) is 5.89 Å². The fraction of sp³-hybridized carbons (Fsp3) is 0.750. The minimum atomic E-state index is 0.637. The number of aromatic nitrogens is 2. The van der Waals surface area contributed by atoms with E-state index in [4.69, 9.17) is 4.42 Å². The van der Waals surface area contributed by atoms with E-state index in [1.165, 1.54) is 12.8 Å². The van der Waals surface area contributed by atoms with Crippen molar-refractivity contribution in [3.63, 3.8) is 0 Å². The van der Waals surface area contributed by atoms with Gasteiger partial charge in [0.15, 0.2) is 0 Å². The van der Waals surface area contributed by atoms with Crippen molar-refractivity contribution in [3.05, 3.63) is 5.89 Å². The Morgan fingerprint density at radius 2 is 2.23 bits per heavy atom. The van der Waals surface area contributed by atoms with E-state index in [9.17, 15) is 0 Å². The van der Waals surface area contributed by atoms with Crippen LogP contribution in [0.15, 0.2) is 9.64 Å². The average molecular weight is 201 g/mol. The first-order chi connectivity index (χ1) is 6.33. The van der Waals surface area contributed by atoms with E-state index in [0.29, 0.717) is 11.1 Å². The Labute approximate surface area is 82.5 Å². The van der Waals surface area contributed by atoms with Gasteiger partial charge in [-0.2, -0.15) is 0 Å². The lowest BCUT2D eigenvalue weighted by atomic mass is 10.3. The zero-order valence-electron chi connectivity index (χ0n) is 8.04. The monoisotopic (exact) mass is 201 g/mol. The molecule has 0 unspecified atom stereocenters. The Morgan fingerprint density at radius 3 is 2.85 bits per heavy atom. The molecule has 0 atom stereocenters. The van der Waals surface area contributed by atoms with E-state index in [1.807, 2.05) is 7.05 Å². The third kappa shape index (κ3) is 4.28. The number of thioether (sulfide) groups is 1. The predicted molar refractivity (Wildman–Crippen MR) is 52.9 cm³/mol. The van der Waals surface area contributed by atoms with E-state index >= 15 is 0 Å². The molecule has 0 aliphatic heterocycles. The van der Waals surface area contributed by atoms with Crippen molar-refractivity contribution in [2.24, 2.45) is 0 Å². The standard InChI is InChI=1S/C8H15N3OS/c1-7-10-11-8(12-7)13-6-4-3-5-9-2/h9H,3-6H2,1-2H3. The molecule has 1 N–H and O–H groups in total. The summed E-state index contributed by atoms with van der Waals surface area (Å²) in [5.41, 5.74) is 0. The number of rotatable bonds is 6. The Kier molecular flexibility index (Phi) is 4.85.